The summed E-state index contributed by atoms with van der Waals surface area (Å²) in [6, 6.07) is 15.9. The first-order valence-electron chi connectivity index (χ1n) is 9.64. The van der Waals surface area contributed by atoms with Crippen LogP contribution in [0, 0.1) is 0 Å². The van der Waals surface area contributed by atoms with Crippen molar-refractivity contribution in [3.63, 3.8) is 0 Å². The average Bonchev–Trinajstić information content (AvgIpc) is 2.94. The Balaban J connectivity index is 1.75. The summed E-state index contributed by atoms with van der Waals surface area (Å²) in [5.41, 5.74) is 7.23. The van der Waals surface area contributed by atoms with Gasteiger partial charge in [-0.15, -0.1) is 0 Å². The van der Waals surface area contributed by atoms with E-state index in [1.54, 1.807) is 0 Å². The Morgan fingerprint density at radius 2 is 1.81 bits per heavy atom. The molecule has 0 amide bonds. The molecule has 0 saturated heterocycles. The zero-order chi connectivity index (χ0) is 18.3. The molecule has 0 radical (unpaired) electrons. The maximum atomic E-state index is 6.03. The Bertz CT molecular complexity index is 924. The highest BCUT2D eigenvalue weighted by molar-refractivity contribution is 6.30. The van der Waals surface area contributed by atoms with Gasteiger partial charge < -0.3 is 4.57 Å². The summed E-state index contributed by atoms with van der Waals surface area (Å²) in [5.74, 6) is 0. The number of aromatic nitrogens is 1. The number of hydrogen-bond donors (Lipinski definition) is 0. The van der Waals surface area contributed by atoms with Crippen molar-refractivity contribution in [2.24, 2.45) is 0 Å². The number of benzene rings is 2. The quantitative estimate of drug-likeness (QED) is 0.593. The third-order valence-corrected chi connectivity index (χ3v) is 6.20. The first-order valence-corrected chi connectivity index (χ1v) is 10.0. The fourth-order valence-electron chi connectivity index (χ4n) is 4.14. The highest BCUT2D eigenvalue weighted by Gasteiger charge is 2.26. The lowest BCUT2D eigenvalue weighted by Crippen LogP contribution is -2.35. The normalized spacial score (nSPS) is 17.6. The van der Waals surface area contributed by atoms with E-state index in [4.69, 9.17) is 11.6 Å². The predicted molar refractivity (Wildman–Crippen MR) is 111 cm³/mol. The summed E-state index contributed by atoms with van der Waals surface area (Å²) < 4.78 is 2.57. The molecule has 0 aliphatic carbocycles. The molecule has 1 atom stereocenters. The van der Waals surface area contributed by atoms with Crippen LogP contribution in [0.15, 0.2) is 42.5 Å². The van der Waals surface area contributed by atoms with E-state index in [0.29, 0.717) is 6.04 Å². The highest BCUT2D eigenvalue weighted by atomic mass is 35.5. The van der Waals surface area contributed by atoms with E-state index in [2.05, 4.69) is 60.7 Å². The van der Waals surface area contributed by atoms with Gasteiger partial charge in [0.2, 0.25) is 0 Å². The molecule has 0 bridgehead atoms. The SMILES string of the molecule is CCc1ccc2c(c1)c1c(n2CCc2ccc(Cl)cc2)CC(C)N(C)C1. The summed E-state index contributed by atoms with van der Waals surface area (Å²) >= 11 is 6.03. The van der Waals surface area contributed by atoms with E-state index in [9.17, 15) is 0 Å². The van der Waals surface area contributed by atoms with Gasteiger partial charge in [-0.05, 0) is 67.8 Å². The van der Waals surface area contributed by atoms with E-state index < -0.39 is 0 Å². The third kappa shape index (κ3) is 3.17. The third-order valence-electron chi connectivity index (χ3n) is 5.95. The van der Waals surface area contributed by atoms with E-state index in [0.717, 1.165) is 37.4 Å². The molecule has 4 rings (SSSR count). The molecule has 1 aliphatic heterocycles. The van der Waals surface area contributed by atoms with Crippen LogP contribution in [-0.4, -0.2) is 22.6 Å². The Morgan fingerprint density at radius 3 is 2.54 bits per heavy atom. The van der Waals surface area contributed by atoms with Crippen LogP contribution < -0.4 is 0 Å². The van der Waals surface area contributed by atoms with Crippen LogP contribution in [0.2, 0.25) is 5.02 Å². The van der Waals surface area contributed by atoms with Crippen LogP contribution in [0.3, 0.4) is 0 Å². The number of fused-ring (bicyclic) bond motifs is 3. The van der Waals surface area contributed by atoms with Crippen LogP contribution in [0.5, 0.6) is 0 Å². The first-order chi connectivity index (χ1) is 12.6. The smallest absolute Gasteiger partial charge is 0.0486 e. The van der Waals surface area contributed by atoms with Crippen LogP contribution in [0.4, 0.5) is 0 Å². The Hall–Kier alpha value is -1.77. The van der Waals surface area contributed by atoms with Gasteiger partial charge in [0.15, 0.2) is 0 Å². The van der Waals surface area contributed by atoms with Crippen molar-refractivity contribution in [3.05, 3.63) is 69.9 Å². The van der Waals surface area contributed by atoms with Gasteiger partial charge in [0.05, 0.1) is 0 Å². The number of likely N-dealkylation sites (N-methyl/N-ethyl adjacent to an activating group) is 1. The number of nitrogens with zero attached hydrogens (tertiary/aromatic N) is 2. The standard InChI is InChI=1S/C23H27ClN2/c1-4-17-7-10-22-20(14-17)21-15-25(3)16(2)13-23(21)26(22)12-11-18-5-8-19(24)9-6-18/h5-10,14,16H,4,11-13,15H2,1-3H3. The minimum absolute atomic E-state index is 0.590. The number of aryl methyl sites for hydroxylation is 3. The molecule has 136 valence electrons. The van der Waals surface area contributed by atoms with Crippen molar-refractivity contribution >= 4 is 22.5 Å². The average molecular weight is 367 g/mol. The number of halogens is 1. The van der Waals surface area contributed by atoms with E-state index in [-0.39, 0.29) is 0 Å². The molecule has 1 aromatic heterocycles. The maximum absolute atomic E-state index is 6.03. The summed E-state index contributed by atoms with van der Waals surface area (Å²) in [7, 11) is 2.24. The lowest BCUT2D eigenvalue weighted by atomic mass is 9.99. The van der Waals surface area contributed by atoms with Gasteiger partial charge in [-0.1, -0.05) is 36.7 Å². The van der Waals surface area contributed by atoms with Gasteiger partial charge in [-0.25, -0.2) is 0 Å². The zero-order valence-electron chi connectivity index (χ0n) is 15.9. The maximum Gasteiger partial charge on any atom is 0.0486 e. The van der Waals surface area contributed by atoms with Crippen LogP contribution >= 0.6 is 11.6 Å². The van der Waals surface area contributed by atoms with Gasteiger partial charge in [-0.2, -0.15) is 0 Å². The molecule has 2 aromatic carbocycles. The van der Waals surface area contributed by atoms with Gasteiger partial charge in [0.1, 0.15) is 0 Å². The van der Waals surface area contributed by atoms with Gasteiger partial charge in [0.25, 0.3) is 0 Å². The van der Waals surface area contributed by atoms with Gasteiger partial charge in [0, 0.05) is 47.2 Å². The van der Waals surface area contributed by atoms with Crippen LogP contribution in [0.25, 0.3) is 10.9 Å². The summed E-state index contributed by atoms with van der Waals surface area (Å²) in [6.45, 7) is 6.64. The summed E-state index contributed by atoms with van der Waals surface area (Å²) in [4.78, 5) is 2.48. The van der Waals surface area contributed by atoms with Gasteiger partial charge >= 0.3 is 0 Å². The second kappa shape index (κ2) is 7.09. The van der Waals surface area contributed by atoms with Crippen LogP contribution in [0.1, 0.15) is 36.2 Å². The summed E-state index contributed by atoms with van der Waals surface area (Å²) in [6.07, 6.45) is 3.25. The molecule has 0 spiro atoms. The molecule has 0 fully saturated rings. The topological polar surface area (TPSA) is 8.17 Å². The first kappa shape index (κ1) is 17.6. The van der Waals surface area contributed by atoms with E-state index in [1.165, 1.54) is 33.3 Å². The fraction of sp³-hybridized carbons (Fsp3) is 0.391. The molecule has 1 aliphatic rings. The monoisotopic (exact) mass is 366 g/mol. The highest BCUT2D eigenvalue weighted by Crippen LogP contribution is 2.33. The molecular formula is C23H27ClN2. The largest absolute Gasteiger partial charge is 0.344 e. The minimum Gasteiger partial charge on any atom is -0.344 e. The minimum atomic E-state index is 0.590. The molecule has 2 nitrogen and oxygen atoms in total. The van der Waals surface area contributed by atoms with Crippen LogP contribution in [-0.2, 0) is 32.4 Å². The molecule has 1 unspecified atom stereocenters. The lowest BCUT2D eigenvalue weighted by molar-refractivity contribution is 0.228. The van der Waals surface area contributed by atoms with Gasteiger partial charge in [-0.3, -0.25) is 4.90 Å². The van der Waals surface area contributed by atoms with Crippen molar-refractivity contribution < 1.29 is 0 Å². The van der Waals surface area contributed by atoms with Crippen molar-refractivity contribution in [1.82, 2.24) is 9.47 Å². The Morgan fingerprint density at radius 1 is 1.08 bits per heavy atom. The van der Waals surface area contributed by atoms with Crippen molar-refractivity contribution in [2.45, 2.75) is 52.2 Å². The van der Waals surface area contributed by atoms with Crippen molar-refractivity contribution in [2.75, 3.05) is 7.05 Å². The molecule has 2 heterocycles. The van der Waals surface area contributed by atoms with E-state index in [1.807, 2.05) is 12.1 Å². The Labute approximate surface area is 161 Å². The lowest BCUT2D eigenvalue weighted by Gasteiger charge is -2.31. The van der Waals surface area contributed by atoms with Crippen molar-refractivity contribution in [3.8, 4) is 0 Å². The second-order valence-electron chi connectivity index (χ2n) is 7.63. The molecule has 0 saturated carbocycles. The molecule has 0 N–H and O–H groups in total. The van der Waals surface area contributed by atoms with E-state index >= 15 is 0 Å². The molecule has 3 heteroatoms. The Kier molecular flexibility index (Phi) is 4.81. The number of hydrogen-bond acceptors (Lipinski definition) is 1. The summed E-state index contributed by atoms with van der Waals surface area (Å²) in [5, 5.41) is 2.26. The fourth-order valence-corrected chi connectivity index (χ4v) is 4.27. The second-order valence-corrected chi connectivity index (χ2v) is 8.06. The molecule has 3 aromatic rings. The zero-order valence-corrected chi connectivity index (χ0v) is 16.7. The molecule has 26 heavy (non-hydrogen) atoms. The predicted octanol–water partition coefficient (Wildman–Crippen LogP) is 5.48. The van der Waals surface area contributed by atoms with Crippen molar-refractivity contribution in [1.29, 1.82) is 0 Å². The number of rotatable bonds is 4. The molecular weight excluding hydrogens is 340 g/mol.